The highest BCUT2D eigenvalue weighted by atomic mass is 32.2. The van der Waals surface area contributed by atoms with Crippen LogP contribution in [0.4, 0.5) is 0 Å². The van der Waals surface area contributed by atoms with Crippen LogP contribution < -0.4 is 4.72 Å². The van der Waals surface area contributed by atoms with E-state index in [2.05, 4.69) is 9.46 Å². The minimum Gasteiger partial charge on any atom is -0.465 e. The number of esters is 1. The van der Waals surface area contributed by atoms with Gasteiger partial charge in [-0.05, 0) is 20.8 Å². The van der Waals surface area contributed by atoms with Crippen LogP contribution in [-0.2, 0) is 19.6 Å². The number of hydrogen-bond donors (Lipinski definition) is 1. The Kier molecular flexibility index (Phi) is 4.94. The molecule has 0 aromatic carbocycles. The molecule has 6 heteroatoms. The monoisotopic (exact) mass is 209 g/mol. The number of sulfonamides is 1. The molecular weight excluding hydrogens is 194 g/mol. The standard InChI is InChI=1S/C7H15NO4S/c1-4-12-7(9)6(3)8-13(10,11)5-2/h6,8H,4-5H2,1-3H3. The number of hydrogen-bond acceptors (Lipinski definition) is 4. The van der Waals surface area contributed by atoms with Gasteiger partial charge in [-0.2, -0.15) is 0 Å². The van der Waals surface area contributed by atoms with Crippen LogP contribution in [0, 0.1) is 0 Å². The quantitative estimate of drug-likeness (QED) is 0.640. The van der Waals surface area contributed by atoms with Crippen molar-refractivity contribution in [3.05, 3.63) is 0 Å². The fourth-order valence-corrected chi connectivity index (χ4v) is 1.47. The van der Waals surface area contributed by atoms with Crippen LogP contribution in [-0.4, -0.2) is 32.8 Å². The van der Waals surface area contributed by atoms with Gasteiger partial charge in [-0.3, -0.25) is 4.79 Å². The molecule has 1 atom stereocenters. The molecule has 0 amide bonds. The molecule has 1 N–H and O–H groups in total. The zero-order valence-corrected chi connectivity index (χ0v) is 8.85. The minimum absolute atomic E-state index is 0.0449. The molecular formula is C7H15NO4S. The second kappa shape index (κ2) is 5.18. The minimum atomic E-state index is -3.33. The second-order valence-electron chi connectivity index (χ2n) is 2.50. The van der Waals surface area contributed by atoms with Gasteiger partial charge < -0.3 is 4.74 Å². The van der Waals surface area contributed by atoms with Crippen LogP contribution in [0.15, 0.2) is 0 Å². The normalized spacial score (nSPS) is 13.8. The van der Waals surface area contributed by atoms with Gasteiger partial charge in [0.2, 0.25) is 10.0 Å². The summed E-state index contributed by atoms with van der Waals surface area (Å²) in [6.07, 6.45) is 0. The van der Waals surface area contributed by atoms with Gasteiger partial charge in [0, 0.05) is 0 Å². The zero-order chi connectivity index (χ0) is 10.5. The Bertz CT molecular complexity index is 260. The van der Waals surface area contributed by atoms with Crippen molar-refractivity contribution in [2.45, 2.75) is 26.8 Å². The molecule has 1 unspecified atom stereocenters. The van der Waals surface area contributed by atoms with Crippen molar-refractivity contribution < 1.29 is 17.9 Å². The lowest BCUT2D eigenvalue weighted by atomic mass is 10.4. The maximum atomic E-state index is 11.0. The van der Waals surface area contributed by atoms with Crippen LogP contribution in [0.25, 0.3) is 0 Å². The molecule has 0 heterocycles. The number of rotatable bonds is 5. The maximum Gasteiger partial charge on any atom is 0.323 e. The number of carbonyl (C=O) groups is 1. The first kappa shape index (κ1) is 12.4. The summed E-state index contributed by atoms with van der Waals surface area (Å²) >= 11 is 0. The van der Waals surface area contributed by atoms with E-state index in [4.69, 9.17) is 0 Å². The first-order valence-electron chi connectivity index (χ1n) is 4.09. The summed E-state index contributed by atoms with van der Waals surface area (Å²) < 4.78 is 28.8. The summed E-state index contributed by atoms with van der Waals surface area (Å²) in [5.41, 5.74) is 0. The summed E-state index contributed by atoms with van der Waals surface area (Å²) in [5, 5.41) is 0. The molecule has 0 saturated carbocycles. The molecule has 13 heavy (non-hydrogen) atoms. The zero-order valence-electron chi connectivity index (χ0n) is 8.03. The Balaban J connectivity index is 4.15. The predicted octanol–water partition coefficient (Wildman–Crippen LogP) is -0.123. The van der Waals surface area contributed by atoms with Crippen molar-refractivity contribution in [3.63, 3.8) is 0 Å². The van der Waals surface area contributed by atoms with Gasteiger partial charge in [-0.15, -0.1) is 0 Å². The van der Waals surface area contributed by atoms with E-state index in [0.29, 0.717) is 0 Å². The molecule has 0 radical (unpaired) electrons. The van der Waals surface area contributed by atoms with Gasteiger partial charge in [0.1, 0.15) is 6.04 Å². The molecule has 0 saturated heterocycles. The van der Waals surface area contributed by atoms with Crippen LogP contribution in [0.2, 0.25) is 0 Å². The van der Waals surface area contributed by atoms with Gasteiger partial charge in [0.05, 0.1) is 12.4 Å². The van der Waals surface area contributed by atoms with E-state index in [-0.39, 0.29) is 12.4 Å². The second-order valence-corrected chi connectivity index (χ2v) is 4.54. The van der Waals surface area contributed by atoms with E-state index >= 15 is 0 Å². The Labute approximate surface area is 78.5 Å². The average molecular weight is 209 g/mol. The van der Waals surface area contributed by atoms with Crippen molar-refractivity contribution in [1.82, 2.24) is 4.72 Å². The van der Waals surface area contributed by atoms with Crippen LogP contribution in [0.5, 0.6) is 0 Å². The number of nitrogens with one attached hydrogen (secondary N) is 1. The number of ether oxygens (including phenoxy) is 1. The fourth-order valence-electron chi connectivity index (χ4n) is 0.668. The lowest BCUT2D eigenvalue weighted by Crippen LogP contribution is -2.40. The molecule has 0 aliphatic carbocycles. The largest absolute Gasteiger partial charge is 0.465 e. The van der Waals surface area contributed by atoms with Crippen molar-refractivity contribution in [2.24, 2.45) is 0 Å². The summed E-state index contributed by atoms with van der Waals surface area (Å²) in [6.45, 7) is 4.86. The van der Waals surface area contributed by atoms with Gasteiger partial charge in [-0.25, -0.2) is 13.1 Å². The highest BCUT2D eigenvalue weighted by Gasteiger charge is 2.19. The van der Waals surface area contributed by atoms with E-state index < -0.39 is 22.0 Å². The topological polar surface area (TPSA) is 72.5 Å². The summed E-state index contributed by atoms with van der Waals surface area (Å²) in [6, 6.07) is -0.815. The van der Waals surface area contributed by atoms with E-state index in [1.54, 1.807) is 6.92 Å². The van der Waals surface area contributed by atoms with Gasteiger partial charge in [-0.1, -0.05) is 0 Å². The Morgan fingerprint density at radius 3 is 2.38 bits per heavy atom. The number of carbonyl (C=O) groups excluding carboxylic acids is 1. The van der Waals surface area contributed by atoms with Gasteiger partial charge in [0.15, 0.2) is 0 Å². The smallest absolute Gasteiger partial charge is 0.323 e. The fraction of sp³-hybridized carbons (Fsp3) is 0.857. The van der Waals surface area contributed by atoms with Crippen LogP contribution in [0.3, 0.4) is 0 Å². The summed E-state index contributed by atoms with van der Waals surface area (Å²) in [5.74, 6) is -0.601. The van der Waals surface area contributed by atoms with Crippen molar-refractivity contribution in [3.8, 4) is 0 Å². The molecule has 0 aliphatic rings. The Hall–Kier alpha value is -0.620. The molecule has 0 fully saturated rings. The lowest BCUT2D eigenvalue weighted by molar-refractivity contribution is -0.144. The third kappa shape index (κ3) is 4.84. The average Bonchev–Trinajstić information content (AvgIpc) is 2.04. The van der Waals surface area contributed by atoms with Crippen molar-refractivity contribution >= 4 is 16.0 Å². The molecule has 5 nitrogen and oxygen atoms in total. The van der Waals surface area contributed by atoms with Gasteiger partial charge in [0.25, 0.3) is 0 Å². The van der Waals surface area contributed by atoms with E-state index in [0.717, 1.165) is 0 Å². The maximum absolute atomic E-state index is 11.0. The molecule has 0 aromatic heterocycles. The SMILES string of the molecule is CCOC(=O)C(C)NS(=O)(=O)CC. The Morgan fingerprint density at radius 2 is 2.00 bits per heavy atom. The molecule has 0 aromatic rings. The molecule has 0 rings (SSSR count). The van der Waals surface area contributed by atoms with Crippen molar-refractivity contribution in [1.29, 1.82) is 0 Å². The highest BCUT2D eigenvalue weighted by Crippen LogP contribution is 1.92. The first-order valence-corrected chi connectivity index (χ1v) is 5.74. The molecule has 0 spiro atoms. The highest BCUT2D eigenvalue weighted by molar-refractivity contribution is 7.89. The molecule has 0 aliphatic heterocycles. The van der Waals surface area contributed by atoms with Gasteiger partial charge >= 0.3 is 5.97 Å². The summed E-state index contributed by atoms with van der Waals surface area (Å²) in [7, 11) is -3.33. The van der Waals surface area contributed by atoms with E-state index in [1.165, 1.54) is 13.8 Å². The third-order valence-corrected chi connectivity index (χ3v) is 2.85. The van der Waals surface area contributed by atoms with Crippen LogP contribution >= 0.6 is 0 Å². The van der Waals surface area contributed by atoms with Crippen LogP contribution in [0.1, 0.15) is 20.8 Å². The molecule has 0 bridgehead atoms. The predicted molar refractivity (Wildman–Crippen MR) is 48.7 cm³/mol. The van der Waals surface area contributed by atoms with E-state index in [1.807, 2.05) is 0 Å². The lowest BCUT2D eigenvalue weighted by Gasteiger charge is -2.11. The molecule has 78 valence electrons. The Morgan fingerprint density at radius 1 is 1.46 bits per heavy atom. The van der Waals surface area contributed by atoms with E-state index in [9.17, 15) is 13.2 Å². The first-order chi connectivity index (χ1) is 5.93. The summed E-state index contributed by atoms with van der Waals surface area (Å²) in [4.78, 5) is 11.0. The third-order valence-electron chi connectivity index (χ3n) is 1.38. The van der Waals surface area contributed by atoms with Crippen molar-refractivity contribution in [2.75, 3.05) is 12.4 Å².